The highest BCUT2D eigenvalue weighted by Gasteiger charge is 2.30. The van der Waals surface area contributed by atoms with Crippen molar-refractivity contribution in [3.05, 3.63) is 54.6 Å². The Bertz CT molecular complexity index is 763. The summed E-state index contributed by atoms with van der Waals surface area (Å²) in [6, 6.07) is 16.5. The third-order valence-corrected chi connectivity index (χ3v) is 4.63. The van der Waals surface area contributed by atoms with Crippen LogP contribution in [0.5, 0.6) is 11.5 Å². The van der Waals surface area contributed by atoms with Crippen LogP contribution < -0.4 is 15.4 Å². The van der Waals surface area contributed by atoms with Crippen molar-refractivity contribution in [3.63, 3.8) is 0 Å². The van der Waals surface area contributed by atoms with Gasteiger partial charge in [0.2, 0.25) is 11.8 Å². The number of amides is 2. The molecular weight excluding hydrogens is 344 g/mol. The molecule has 0 spiro atoms. The van der Waals surface area contributed by atoms with Crippen molar-refractivity contribution in [3.8, 4) is 11.5 Å². The van der Waals surface area contributed by atoms with Gasteiger partial charge in [0.1, 0.15) is 15.8 Å². The summed E-state index contributed by atoms with van der Waals surface area (Å²) in [7, 11) is 0. The van der Waals surface area contributed by atoms with Crippen molar-refractivity contribution in [2.45, 2.75) is 11.7 Å². The van der Waals surface area contributed by atoms with Gasteiger partial charge in [0.15, 0.2) is 0 Å². The minimum Gasteiger partial charge on any atom is -0.457 e. The summed E-state index contributed by atoms with van der Waals surface area (Å²) in [5.41, 5.74) is 0.645. The Kier molecular flexibility index (Phi) is 5.12. The number of thioether (sulfide) groups is 1. The molecule has 3 rings (SSSR count). The van der Waals surface area contributed by atoms with E-state index in [0.717, 1.165) is 5.75 Å². The van der Waals surface area contributed by atoms with Crippen LogP contribution in [-0.4, -0.2) is 21.4 Å². The van der Waals surface area contributed by atoms with Gasteiger partial charge in [0, 0.05) is 12.1 Å². The van der Waals surface area contributed by atoms with E-state index in [1.807, 2.05) is 30.3 Å². The molecule has 0 aromatic heterocycles. The Balaban J connectivity index is 1.55. The largest absolute Gasteiger partial charge is 0.457 e. The van der Waals surface area contributed by atoms with E-state index >= 15 is 0 Å². The van der Waals surface area contributed by atoms with Crippen molar-refractivity contribution in [1.82, 2.24) is 5.32 Å². The van der Waals surface area contributed by atoms with Crippen LogP contribution in [0, 0.1) is 0 Å². The van der Waals surface area contributed by atoms with E-state index in [-0.39, 0.29) is 18.2 Å². The van der Waals surface area contributed by atoms with Crippen molar-refractivity contribution >= 4 is 45.8 Å². The zero-order valence-corrected chi connectivity index (χ0v) is 14.2. The molecule has 1 saturated heterocycles. The Labute approximate surface area is 148 Å². The monoisotopic (exact) mass is 358 g/mol. The Morgan fingerprint density at radius 2 is 1.79 bits per heavy atom. The predicted molar refractivity (Wildman–Crippen MR) is 98.3 cm³/mol. The molecule has 7 heteroatoms. The third kappa shape index (κ3) is 4.33. The molecule has 24 heavy (non-hydrogen) atoms. The maximum atomic E-state index is 12.0. The lowest BCUT2D eigenvalue weighted by molar-refractivity contribution is -0.122. The van der Waals surface area contributed by atoms with Crippen LogP contribution in [0.4, 0.5) is 5.69 Å². The summed E-state index contributed by atoms with van der Waals surface area (Å²) in [6.07, 6.45) is 0.0822. The minimum atomic E-state index is -0.460. The van der Waals surface area contributed by atoms with Crippen molar-refractivity contribution in [2.75, 3.05) is 5.32 Å². The summed E-state index contributed by atoms with van der Waals surface area (Å²) in [5.74, 6) is 0.973. The molecule has 1 aliphatic rings. The van der Waals surface area contributed by atoms with Crippen molar-refractivity contribution < 1.29 is 14.3 Å². The number of hydrogen-bond donors (Lipinski definition) is 2. The second-order valence-electron chi connectivity index (χ2n) is 5.07. The fourth-order valence-electron chi connectivity index (χ4n) is 2.14. The lowest BCUT2D eigenvalue weighted by atomic mass is 10.2. The first-order valence-corrected chi connectivity index (χ1v) is 8.53. The Morgan fingerprint density at radius 3 is 2.42 bits per heavy atom. The Hall–Kier alpha value is -2.38. The lowest BCUT2D eigenvalue weighted by Gasteiger charge is -2.09. The molecule has 2 amide bonds. The molecule has 1 aliphatic heterocycles. The zero-order valence-electron chi connectivity index (χ0n) is 12.5. The average Bonchev–Trinajstić information content (AvgIpc) is 2.87. The number of carbonyl (C=O) groups is 2. The normalized spacial score (nSPS) is 16.6. The van der Waals surface area contributed by atoms with Crippen LogP contribution in [0.1, 0.15) is 6.42 Å². The molecule has 1 fully saturated rings. The second kappa shape index (κ2) is 7.46. The molecule has 2 N–H and O–H groups in total. The SMILES string of the molecule is O=C(C[C@@H]1SC(=S)NC1=O)Nc1ccc(Oc2ccccc2)cc1. The summed E-state index contributed by atoms with van der Waals surface area (Å²) >= 11 is 6.12. The van der Waals surface area contributed by atoms with Gasteiger partial charge < -0.3 is 15.4 Å². The number of nitrogens with one attached hydrogen (secondary N) is 2. The number of benzene rings is 2. The molecule has 0 bridgehead atoms. The van der Waals surface area contributed by atoms with Crippen molar-refractivity contribution in [1.29, 1.82) is 0 Å². The van der Waals surface area contributed by atoms with Gasteiger partial charge in [-0.25, -0.2) is 0 Å². The molecule has 0 unspecified atom stereocenters. The van der Waals surface area contributed by atoms with E-state index in [1.165, 1.54) is 11.8 Å². The average molecular weight is 358 g/mol. The quantitative estimate of drug-likeness (QED) is 0.803. The molecule has 1 heterocycles. The van der Waals surface area contributed by atoms with E-state index < -0.39 is 5.25 Å². The molecule has 0 radical (unpaired) electrons. The summed E-state index contributed by atoms with van der Waals surface area (Å²) in [6.45, 7) is 0. The molecule has 0 saturated carbocycles. The number of ether oxygens (including phenoxy) is 1. The first-order valence-electron chi connectivity index (χ1n) is 7.24. The standard InChI is InChI=1S/C17H14N2O3S2/c20-15(10-14-16(21)19-17(23)24-14)18-11-6-8-13(9-7-11)22-12-4-2-1-3-5-12/h1-9,14H,10H2,(H,18,20)(H,19,21,23)/t14-/m0/s1. The highest BCUT2D eigenvalue weighted by molar-refractivity contribution is 8.24. The van der Waals surface area contributed by atoms with Gasteiger partial charge in [-0.1, -0.05) is 42.2 Å². The number of anilines is 1. The number of hydrogen-bond acceptors (Lipinski definition) is 5. The highest BCUT2D eigenvalue weighted by atomic mass is 32.2. The van der Waals surface area contributed by atoms with Gasteiger partial charge in [-0.15, -0.1) is 0 Å². The first kappa shape index (κ1) is 16.5. The smallest absolute Gasteiger partial charge is 0.239 e. The second-order valence-corrected chi connectivity index (χ2v) is 6.95. The van der Waals surface area contributed by atoms with Crippen molar-refractivity contribution in [2.24, 2.45) is 0 Å². The number of rotatable bonds is 5. The van der Waals surface area contributed by atoms with Crippen LogP contribution in [0.25, 0.3) is 0 Å². The van der Waals surface area contributed by atoms with Gasteiger partial charge in [0.05, 0.1) is 5.25 Å². The third-order valence-electron chi connectivity index (χ3n) is 3.25. The topological polar surface area (TPSA) is 67.4 Å². The molecule has 122 valence electrons. The van der Waals surface area contributed by atoms with E-state index in [0.29, 0.717) is 15.8 Å². The van der Waals surface area contributed by atoms with Crippen LogP contribution in [-0.2, 0) is 9.59 Å². The van der Waals surface area contributed by atoms with E-state index in [4.69, 9.17) is 17.0 Å². The summed E-state index contributed by atoms with van der Waals surface area (Å²) < 4.78 is 6.11. The lowest BCUT2D eigenvalue weighted by Crippen LogP contribution is -2.27. The van der Waals surface area contributed by atoms with Gasteiger partial charge in [-0.2, -0.15) is 0 Å². The molecule has 5 nitrogen and oxygen atoms in total. The predicted octanol–water partition coefficient (Wildman–Crippen LogP) is 3.32. The van der Waals surface area contributed by atoms with Crippen LogP contribution in [0.2, 0.25) is 0 Å². The highest BCUT2D eigenvalue weighted by Crippen LogP contribution is 2.24. The van der Waals surface area contributed by atoms with Crippen LogP contribution in [0.15, 0.2) is 54.6 Å². The van der Waals surface area contributed by atoms with E-state index in [1.54, 1.807) is 24.3 Å². The molecule has 0 aliphatic carbocycles. The Morgan fingerprint density at radius 1 is 1.12 bits per heavy atom. The van der Waals surface area contributed by atoms with Gasteiger partial charge in [0.25, 0.3) is 0 Å². The molecule has 2 aromatic rings. The van der Waals surface area contributed by atoms with Gasteiger partial charge in [-0.05, 0) is 36.4 Å². The first-order chi connectivity index (χ1) is 11.6. The number of carbonyl (C=O) groups excluding carboxylic acids is 2. The fraction of sp³-hybridized carbons (Fsp3) is 0.118. The maximum absolute atomic E-state index is 12.0. The zero-order chi connectivity index (χ0) is 16.9. The van der Waals surface area contributed by atoms with Gasteiger partial charge in [-0.3, -0.25) is 9.59 Å². The van der Waals surface area contributed by atoms with E-state index in [2.05, 4.69) is 10.6 Å². The summed E-state index contributed by atoms with van der Waals surface area (Å²) in [4.78, 5) is 23.6. The molecule has 2 aromatic carbocycles. The molecular formula is C17H14N2O3S2. The minimum absolute atomic E-state index is 0.0822. The van der Waals surface area contributed by atoms with E-state index in [9.17, 15) is 9.59 Å². The van der Waals surface area contributed by atoms with Crippen LogP contribution >= 0.6 is 24.0 Å². The number of para-hydroxylation sites is 1. The van der Waals surface area contributed by atoms with Crippen LogP contribution in [0.3, 0.4) is 0 Å². The fourth-order valence-corrected chi connectivity index (χ4v) is 3.41. The summed E-state index contributed by atoms with van der Waals surface area (Å²) in [5, 5.41) is 4.83. The maximum Gasteiger partial charge on any atom is 0.239 e. The molecule has 1 atom stereocenters. The van der Waals surface area contributed by atoms with Gasteiger partial charge >= 0.3 is 0 Å². The number of thiocarbonyl (C=S) groups is 1.